The molecule has 0 radical (unpaired) electrons. The highest BCUT2D eigenvalue weighted by Gasteiger charge is 2.29. The first kappa shape index (κ1) is 26.3. The molecule has 1 aliphatic rings. The number of aromatic nitrogens is 3. The highest BCUT2D eigenvalue weighted by molar-refractivity contribution is 7.94. The zero-order valence-corrected chi connectivity index (χ0v) is 23.5. The summed E-state index contributed by atoms with van der Waals surface area (Å²) in [6.45, 7) is 8.90. The van der Waals surface area contributed by atoms with Gasteiger partial charge in [0.05, 0.1) is 21.1 Å². The molecule has 2 aromatic heterocycles. The number of halogens is 1. The maximum atomic E-state index is 12.6. The quantitative estimate of drug-likeness (QED) is 0.342. The van der Waals surface area contributed by atoms with Gasteiger partial charge in [-0.05, 0) is 70.3 Å². The van der Waals surface area contributed by atoms with Gasteiger partial charge in [0.25, 0.3) is 0 Å². The van der Waals surface area contributed by atoms with Crippen LogP contribution in [0.4, 0.5) is 23.0 Å². The number of sulfonamides is 1. The van der Waals surface area contributed by atoms with Gasteiger partial charge in [-0.2, -0.15) is 4.98 Å². The number of nitrogens with one attached hydrogen (secondary N) is 2. The molecule has 0 unspecified atom stereocenters. The number of hydrogen-bond donors (Lipinski definition) is 2. The molecule has 1 aliphatic heterocycles. The van der Waals surface area contributed by atoms with E-state index in [-0.39, 0.29) is 0 Å². The first-order chi connectivity index (χ1) is 18.0. The van der Waals surface area contributed by atoms with E-state index in [1.165, 1.54) is 0 Å². The highest BCUT2D eigenvalue weighted by atomic mass is 35.5. The van der Waals surface area contributed by atoms with Crippen LogP contribution in [0.15, 0.2) is 60.9 Å². The van der Waals surface area contributed by atoms with Crippen LogP contribution in [0, 0.1) is 0 Å². The van der Waals surface area contributed by atoms with Crippen molar-refractivity contribution >= 4 is 55.7 Å². The summed E-state index contributed by atoms with van der Waals surface area (Å²) in [5.41, 5.74) is 3.78. The Morgan fingerprint density at radius 2 is 1.74 bits per heavy atom. The Bertz CT molecular complexity index is 1570. The molecular weight excluding hydrogens is 522 g/mol. The molecule has 38 heavy (non-hydrogen) atoms. The molecular formula is C27H32ClN7O2S. The Labute approximate surface area is 228 Å². The summed E-state index contributed by atoms with van der Waals surface area (Å²) < 4.78 is 28.9. The molecule has 0 saturated carbocycles. The fraction of sp³-hybridized carbons (Fsp3) is 0.333. The lowest BCUT2D eigenvalue weighted by atomic mass is 10.2. The zero-order chi connectivity index (χ0) is 27.1. The van der Waals surface area contributed by atoms with Crippen molar-refractivity contribution in [2.45, 2.75) is 25.5 Å². The number of hydrogen-bond acceptors (Lipinski definition) is 7. The molecule has 0 atom stereocenters. The van der Waals surface area contributed by atoms with Crippen LogP contribution in [0.2, 0.25) is 5.02 Å². The monoisotopic (exact) mass is 553 g/mol. The van der Waals surface area contributed by atoms with E-state index in [9.17, 15) is 8.42 Å². The van der Waals surface area contributed by atoms with Crippen LogP contribution in [-0.4, -0.2) is 65.8 Å². The molecule has 1 saturated heterocycles. The molecule has 1 fully saturated rings. The molecule has 2 aromatic carbocycles. The molecule has 0 aliphatic carbocycles. The van der Waals surface area contributed by atoms with Gasteiger partial charge in [-0.3, -0.25) is 4.72 Å². The van der Waals surface area contributed by atoms with E-state index in [2.05, 4.69) is 31.9 Å². The van der Waals surface area contributed by atoms with Gasteiger partial charge in [-0.25, -0.2) is 13.4 Å². The van der Waals surface area contributed by atoms with Gasteiger partial charge in [0.1, 0.15) is 5.65 Å². The topological polar surface area (TPSA) is 95.4 Å². The van der Waals surface area contributed by atoms with Crippen LogP contribution in [0.25, 0.3) is 16.7 Å². The summed E-state index contributed by atoms with van der Waals surface area (Å²) in [5.74, 6) is 0.436. The summed E-state index contributed by atoms with van der Waals surface area (Å²) in [4.78, 5) is 13.8. The predicted octanol–water partition coefficient (Wildman–Crippen LogP) is 5.11. The van der Waals surface area contributed by atoms with Crippen LogP contribution in [-0.2, 0) is 10.0 Å². The average molecular weight is 554 g/mol. The maximum absolute atomic E-state index is 12.6. The first-order valence-electron chi connectivity index (χ1n) is 12.5. The maximum Gasteiger partial charge on any atom is 0.237 e. The number of benzene rings is 2. The lowest BCUT2D eigenvalue weighted by Gasteiger charge is -2.34. The lowest BCUT2D eigenvalue weighted by Crippen LogP contribution is -2.44. The summed E-state index contributed by atoms with van der Waals surface area (Å²) in [5, 5.41) is 4.80. The number of likely N-dealkylation sites (N-methyl/N-ethyl adjacent to an activating group) is 1. The Kier molecular flexibility index (Phi) is 6.97. The smallest absolute Gasteiger partial charge is 0.237 e. The standard InChI is InChI=1S/C27H32ClN7O2S/c1-27(2,3)38(36,37)32-21-6-5-7-22(16-21)35-11-10-19-18-29-26(31-25(19)35)30-20-8-9-24(23(28)17-20)34-14-12-33(4)13-15-34/h5-11,16-18,32H,12-15H2,1-4H3,(H,29,30,31). The van der Waals surface area contributed by atoms with Crippen molar-refractivity contribution in [3.8, 4) is 5.69 Å². The summed E-state index contributed by atoms with van der Waals surface area (Å²) >= 11 is 6.65. The molecule has 200 valence electrons. The highest BCUT2D eigenvalue weighted by Crippen LogP contribution is 2.31. The molecule has 3 heterocycles. The molecule has 4 aromatic rings. The molecule has 9 nitrogen and oxygen atoms in total. The zero-order valence-electron chi connectivity index (χ0n) is 21.9. The minimum absolute atomic E-state index is 0.436. The second-order valence-corrected chi connectivity index (χ2v) is 13.4. The van der Waals surface area contributed by atoms with Gasteiger partial charge in [0, 0.05) is 55.3 Å². The number of fused-ring (bicyclic) bond motifs is 1. The van der Waals surface area contributed by atoms with Crippen molar-refractivity contribution in [3.63, 3.8) is 0 Å². The molecule has 5 rings (SSSR count). The van der Waals surface area contributed by atoms with E-state index in [0.717, 1.165) is 48.6 Å². The van der Waals surface area contributed by atoms with Gasteiger partial charge < -0.3 is 19.7 Å². The second kappa shape index (κ2) is 10.1. The fourth-order valence-electron chi connectivity index (χ4n) is 4.23. The van der Waals surface area contributed by atoms with Crippen molar-refractivity contribution in [1.82, 2.24) is 19.4 Å². The van der Waals surface area contributed by atoms with Crippen LogP contribution in [0.1, 0.15) is 20.8 Å². The SMILES string of the molecule is CN1CCN(c2ccc(Nc3ncc4ccn(-c5cccc(NS(=O)(=O)C(C)(C)C)c5)c4n3)cc2Cl)CC1. The predicted molar refractivity (Wildman–Crippen MR) is 156 cm³/mol. The molecule has 0 bridgehead atoms. The summed E-state index contributed by atoms with van der Waals surface area (Å²) in [6.07, 6.45) is 3.65. The largest absolute Gasteiger partial charge is 0.368 e. The number of rotatable bonds is 6. The van der Waals surface area contributed by atoms with E-state index in [4.69, 9.17) is 16.6 Å². The first-order valence-corrected chi connectivity index (χ1v) is 14.3. The van der Waals surface area contributed by atoms with Gasteiger partial charge in [0.2, 0.25) is 16.0 Å². The van der Waals surface area contributed by atoms with Gasteiger partial charge in [-0.1, -0.05) is 17.7 Å². The number of anilines is 4. The van der Waals surface area contributed by atoms with Crippen molar-refractivity contribution in [2.75, 3.05) is 48.2 Å². The molecule has 11 heteroatoms. The van der Waals surface area contributed by atoms with E-state index in [0.29, 0.717) is 22.3 Å². The third-order valence-electron chi connectivity index (χ3n) is 6.66. The minimum Gasteiger partial charge on any atom is -0.368 e. The van der Waals surface area contributed by atoms with Gasteiger partial charge >= 0.3 is 0 Å². The fourth-order valence-corrected chi connectivity index (χ4v) is 5.28. The summed E-state index contributed by atoms with van der Waals surface area (Å²) in [6, 6.07) is 15.1. The second-order valence-electron chi connectivity index (χ2n) is 10.5. The van der Waals surface area contributed by atoms with Crippen LogP contribution >= 0.6 is 11.6 Å². The number of nitrogens with zero attached hydrogens (tertiary/aromatic N) is 5. The Hall–Kier alpha value is -3.34. The third-order valence-corrected chi connectivity index (χ3v) is 9.08. The Balaban J connectivity index is 1.39. The van der Waals surface area contributed by atoms with Crippen LogP contribution in [0.3, 0.4) is 0 Å². The lowest BCUT2D eigenvalue weighted by molar-refractivity contribution is 0.313. The molecule has 0 amide bonds. The van der Waals surface area contributed by atoms with Crippen LogP contribution in [0.5, 0.6) is 0 Å². The van der Waals surface area contributed by atoms with E-state index in [1.807, 2.05) is 47.2 Å². The van der Waals surface area contributed by atoms with Crippen molar-refractivity contribution < 1.29 is 8.42 Å². The third kappa shape index (κ3) is 5.43. The van der Waals surface area contributed by atoms with E-state index < -0.39 is 14.8 Å². The van der Waals surface area contributed by atoms with Gasteiger partial charge in [0.15, 0.2) is 0 Å². The van der Waals surface area contributed by atoms with Crippen molar-refractivity contribution in [2.24, 2.45) is 0 Å². The normalized spacial score (nSPS) is 15.1. The van der Waals surface area contributed by atoms with Crippen molar-refractivity contribution in [1.29, 1.82) is 0 Å². The van der Waals surface area contributed by atoms with Crippen LogP contribution < -0.4 is 14.9 Å². The van der Waals surface area contributed by atoms with E-state index >= 15 is 0 Å². The number of piperazine rings is 1. The van der Waals surface area contributed by atoms with E-state index in [1.54, 1.807) is 39.1 Å². The van der Waals surface area contributed by atoms with Gasteiger partial charge in [-0.15, -0.1) is 0 Å². The Morgan fingerprint density at radius 3 is 2.45 bits per heavy atom. The van der Waals surface area contributed by atoms with Crippen molar-refractivity contribution in [3.05, 3.63) is 65.9 Å². The molecule has 2 N–H and O–H groups in total. The average Bonchev–Trinajstić information content (AvgIpc) is 3.27. The molecule has 0 spiro atoms. The minimum atomic E-state index is -3.55. The summed E-state index contributed by atoms with van der Waals surface area (Å²) in [7, 11) is -1.42. The Morgan fingerprint density at radius 1 is 0.974 bits per heavy atom.